The number of carboxylic acid groups (broad SMARTS) is 1. The van der Waals surface area contributed by atoms with E-state index in [-0.39, 0.29) is 32.1 Å². The van der Waals surface area contributed by atoms with E-state index < -0.39 is 12.1 Å². The number of nitrogens with two attached hydrogens (primary N) is 3. The molecule has 0 aromatic carbocycles. The Labute approximate surface area is 98.8 Å². The van der Waals surface area contributed by atoms with Crippen LogP contribution in [0.25, 0.3) is 0 Å². The number of hydrogen-bond acceptors (Lipinski definition) is 6. The van der Waals surface area contributed by atoms with Crippen molar-refractivity contribution in [1.82, 2.24) is 0 Å². The summed E-state index contributed by atoms with van der Waals surface area (Å²) in [6.45, 7) is -0.240. The highest BCUT2D eigenvalue weighted by molar-refractivity contribution is 5.73. The first kappa shape index (κ1) is 20.9. The zero-order valence-corrected chi connectivity index (χ0v) is 9.45. The molecule has 0 spiro atoms. The molecular formula is C8H21N3O6. The Kier molecular flexibility index (Phi) is 20.9. The minimum Gasteiger partial charge on any atom is -0.465 e. The summed E-state index contributed by atoms with van der Waals surface area (Å²) in [7, 11) is 0. The van der Waals surface area contributed by atoms with Gasteiger partial charge in [-0.2, -0.15) is 0 Å². The molecule has 0 atom stereocenters. The monoisotopic (exact) mass is 255 g/mol. The van der Waals surface area contributed by atoms with E-state index in [0.717, 1.165) is 0 Å². The molecule has 0 aromatic rings. The van der Waals surface area contributed by atoms with Crippen molar-refractivity contribution >= 4 is 12.0 Å². The molecule has 0 saturated carbocycles. The molecule has 0 bridgehead atoms. The highest BCUT2D eigenvalue weighted by Crippen LogP contribution is 1.81. The van der Waals surface area contributed by atoms with E-state index in [1.807, 2.05) is 0 Å². The van der Waals surface area contributed by atoms with Crippen molar-refractivity contribution < 1.29 is 30.0 Å². The van der Waals surface area contributed by atoms with Crippen molar-refractivity contribution in [2.45, 2.75) is 18.9 Å². The average molecular weight is 255 g/mol. The van der Waals surface area contributed by atoms with Crippen LogP contribution in [0.5, 0.6) is 0 Å². The summed E-state index contributed by atoms with van der Waals surface area (Å²) >= 11 is 0. The highest BCUT2D eigenvalue weighted by atomic mass is 16.4. The van der Waals surface area contributed by atoms with Crippen molar-refractivity contribution in [1.29, 1.82) is 0 Å². The van der Waals surface area contributed by atoms with Gasteiger partial charge in [-0.25, -0.2) is 4.79 Å². The van der Waals surface area contributed by atoms with Crippen LogP contribution in [0.4, 0.5) is 4.79 Å². The van der Waals surface area contributed by atoms with Crippen LogP contribution in [0.15, 0.2) is 0 Å². The molecule has 0 aliphatic heterocycles. The molecule has 0 heterocycles. The molecule has 10 N–H and O–H groups in total. The molecule has 0 saturated heterocycles. The Bertz CT molecular complexity index is 182. The second-order valence-corrected chi connectivity index (χ2v) is 2.76. The molecule has 0 fully saturated rings. The minimum atomic E-state index is -1.33. The fraction of sp³-hybridized carbons (Fsp3) is 0.750. The summed E-state index contributed by atoms with van der Waals surface area (Å²) in [6, 6.07) is -0.454. The van der Waals surface area contributed by atoms with Crippen LogP contribution < -0.4 is 17.2 Å². The number of carbonyl (C=O) groups excluding carboxylic acids is 1. The van der Waals surface area contributed by atoms with Crippen LogP contribution in [0.2, 0.25) is 0 Å². The van der Waals surface area contributed by atoms with Gasteiger partial charge in [-0.15, -0.1) is 0 Å². The quantitative estimate of drug-likeness (QED) is 0.275. The maximum Gasteiger partial charge on any atom is 0.402 e. The maximum atomic E-state index is 9.87. The lowest BCUT2D eigenvalue weighted by molar-refractivity contribution is -0.118. The largest absolute Gasteiger partial charge is 0.465 e. The third kappa shape index (κ3) is 53.3. The third-order valence-corrected chi connectivity index (χ3v) is 1.05. The van der Waals surface area contributed by atoms with Gasteiger partial charge in [-0.05, 0) is 6.42 Å². The van der Waals surface area contributed by atoms with Gasteiger partial charge in [0.25, 0.3) is 0 Å². The number of amides is 2. The number of carbonyl (C=O) groups is 2. The topological polar surface area (TPSA) is 193 Å². The van der Waals surface area contributed by atoms with Gasteiger partial charge in [0, 0.05) is 13.0 Å². The van der Waals surface area contributed by atoms with Gasteiger partial charge in [0.2, 0.25) is 5.91 Å². The zero-order valence-electron chi connectivity index (χ0n) is 9.45. The van der Waals surface area contributed by atoms with Crippen LogP contribution in [0, 0.1) is 0 Å². The van der Waals surface area contributed by atoms with Gasteiger partial charge in [-0.1, -0.05) is 0 Å². The zero-order chi connectivity index (χ0) is 14.3. The van der Waals surface area contributed by atoms with Crippen LogP contribution >= 0.6 is 0 Å². The number of primary amides is 2. The molecule has 104 valence electrons. The van der Waals surface area contributed by atoms with E-state index in [4.69, 9.17) is 36.7 Å². The summed E-state index contributed by atoms with van der Waals surface area (Å²) in [5, 5.41) is 31.4. The fourth-order valence-electron chi connectivity index (χ4n) is 0.311. The van der Waals surface area contributed by atoms with Crippen molar-refractivity contribution in [2.75, 3.05) is 19.8 Å². The normalized spacial score (nSPS) is 8.53. The van der Waals surface area contributed by atoms with Gasteiger partial charge in [-0.3, -0.25) is 4.79 Å². The summed E-state index contributed by atoms with van der Waals surface area (Å²) < 4.78 is 0. The van der Waals surface area contributed by atoms with Gasteiger partial charge in [0.15, 0.2) is 0 Å². The number of rotatable bonds is 5. The Morgan fingerprint density at radius 3 is 1.47 bits per heavy atom. The van der Waals surface area contributed by atoms with E-state index in [1.54, 1.807) is 0 Å². The number of aliphatic hydroxyl groups is 3. The van der Waals surface area contributed by atoms with E-state index in [0.29, 0.717) is 6.42 Å². The first-order valence-electron chi connectivity index (χ1n) is 4.66. The van der Waals surface area contributed by atoms with Gasteiger partial charge in [0.1, 0.15) is 0 Å². The van der Waals surface area contributed by atoms with E-state index in [2.05, 4.69) is 5.73 Å². The van der Waals surface area contributed by atoms with Crippen LogP contribution in [-0.4, -0.2) is 58.3 Å². The third-order valence-electron chi connectivity index (χ3n) is 1.05. The Morgan fingerprint density at radius 1 is 1.06 bits per heavy atom. The lowest BCUT2D eigenvalue weighted by Crippen LogP contribution is -2.27. The van der Waals surface area contributed by atoms with Crippen molar-refractivity contribution in [3.8, 4) is 0 Å². The summed E-state index contributed by atoms with van der Waals surface area (Å²) in [5.41, 5.74) is 13.7. The highest BCUT2D eigenvalue weighted by Gasteiger charge is 1.91. The van der Waals surface area contributed by atoms with Crippen LogP contribution in [0.1, 0.15) is 12.8 Å². The first-order valence-corrected chi connectivity index (χ1v) is 4.66. The summed E-state index contributed by atoms with van der Waals surface area (Å²) in [5.74, 6) is -0.353. The second-order valence-electron chi connectivity index (χ2n) is 2.76. The predicted molar refractivity (Wildman–Crippen MR) is 59.9 cm³/mol. The number of aliphatic hydroxyl groups excluding tert-OH is 3. The molecule has 2 amide bonds. The smallest absolute Gasteiger partial charge is 0.402 e. The number of hydrogen-bond donors (Lipinski definition) is 7. The molecule has 0 radical (unpaired) electrons. The van der Waals surface area contributed by atoms with Crippen molar-refractivity contribution in [3.05, 3.63) is 0 Å². The van der Waals surface area contributed by atoms with Crippen molar-refractivity contribution in [2.24, 2.45) is 17.2 Å². The summed E-state index contributed by atoms with van der Waals surface area (Å²) in [4.78, 5) is 18.6. The van der Waals surface area contributed by atoms with Crippen LogP contribution in [0.3, 0.4) is 0 Å². The van der Waals surface area contributed by atoms with Gasteiger partial charge >= 0.3 is 6.09 Å². The molecular weight excluding hydrogens is 234 g/mol. The lowest BCUT2D eigenvalue weighted by atomic mass is 10.3. The minimum absolute atomic E-state index is 0.0446. The molecule has 9 nitrogen and oxygen atoms in total. The lowest BCUT2D eigenvalue weighted by Gasteiger charge is -1.98. The molecule has 0 unspecified atom stereocenters. The first-order chi connectivity index (χ1) is 7.81. The summed E-state index contributed by atoms with van der Waals surface area (Å²) in [6.07, 6.45) is -0.564. The fourth-order valence-corrected chi connectivity index (χ4v) is 0.311. The molecule has 17 heavy (non-hydrogen) atoms. The SMILES string of the molecule is NC(=O)CCCO.NC(=O)O.NC(CO)CO. The standard InChI is InChI=1S/C4H9NO2.C3H9NO2.CH3NO2/c5-4(7)2-1-3-6;4-3(1-5)2-6;2-1(3)4/h6H,1-3H2,(H2,5,7);3,5-6H,1-2,4H2;2H2,(H,3,4). The van der Waals surface area contributed by atoms with E-state index >= 15 is 0 Å². The predicted octanol–water partition coefficient (Wildman–Crippen LogP) is -2.83. The Hall–Kier alpha value is -1.42. The van der Waals surface area contributed by atoms with E-state index in [1.165, 1.54) is 0 Å². The van der Waals surface area contributed by atoms with Gasteiger partial charge < -0.3 is 37.6 Å². The average Bonchev–Trinajstić information content (AvgIpc) is 2.25. The van der Waals surface area contributed by atoms with Crippen molar-refractivity contribution in [3.63, 3.8) is 0 Å². The van der Waals surface area contributed by atoms with Gasteiger partial charge in [0.05, 0.1) is 19.3 Å². The molecule has 9 heteroatoms. The molecule has 0 aliphatic carbocycles. The van der Waals surface area contributed by atoms with E-state index in [9.17, 15) is 4.79 Å². The van der Waals surface area contributed by atoms with Crippen LogP contribution in [-0.2, 0) is 4.79 Å². The second kappa shape index (κ2) is 17.0. The maximum absolute atomic E-state index is 9.87. The molecule has 0 rings (SSSR count). The Balaban J connectivity index is -0.000000180. The molecule has 0 aromatic heterocycles. The Morgan fingerprint density at radius 2 is 1.41 bits per heavy atom. The molecule has 0 aliphatic rings.